The van der Waals surface area contributed by atoms with Gasteiger partial charge in [0, 0.05) is 5.92 Å². The number of phosphoric ester groups is 1. The molecule has 12 nitrogen and oxygen atoms in total. The summed E-state index contributed by atoms with van der Waals surface area (Å²) in [5, 5.41) is 29.3. The fourth-order valence-corrected chi connectivity index (χ4v) is 2.94. The van der Waals surface area contributed by atoms with Crippen molar-refractivity contribution in [1.29, 1.82) is 0 Å². The van der Waals surface area contributed by atoms with E-state index in [1.165, 1.54) is 10.9 Å². The van der Waals surface area contributed by atoms with Crippen molar-refractivity contribution in [3.05, 3.63) is 6.33 Å². The van der Waals surface area contributed by atoms with Crippen LogP contribution in [0, 0.1) is 5.92 Å². The molecule has 132 valence electrons. The molecule has 0 saturated carbocycles. The van der Waals surface area contributed by atoms with Crippen molar-refractivity contribution in [1.82, 2.24) is 19.5 Å². The number of aromatic nitrogens is 4. The maximum Gasteiger partial charge on any atom is 0.469 e. The van der Waals surface area contributed by atoms with Gasteiger partial charge in [-0.05, 0) is 0 Å². The Hall–Kier alpha value is -1.82. The first kappa shape index (κ1) is 17.0. The highest BCUT2D eigenvalue weighted by molar-refractivity contribution is 7.46. The number of aliphatic hydroxyl groups excluding tert-OH is 1. The SMILES string of the molecule is C[C@@H]1[C@H](O)[C@@H](COP(=O)(O)O)O[C@H]1n1cnc2c(O)nc(O)nc21. The largest absolute Gasteiger partial charge is 0.492 e. The Bertz CT molecular complexity index is 807. The van der Waals surface area contributed by atoms with E-state index in [1.54, 1.807) is 6.92 Å². The summed E-state index contributed by atoms with van der Waals surface area (Å²) in [7, 11) is -4.69. The number of ether oxygens (including phenoxy) is 1. The molecule has 3 heterocycles. The van der Waals surface area contributed by atoms with Gasteiger partial charge in [0.15, 0.2) is 11.2 Å². The molecule has 3 rings (SSSR count). The van der Waals surface area contributed by atoms with E-state index in [0.717, 1.165) is 0 Å². The van der Waals surface area contributed by atoms with Crippen LogP contribution >= 0.6 is 7.82 Å². The highest BCUT2D eigenvalue weighted by atomic mass is 31.2. The van der Waals surface area contributed by atoms with Crippen molar-refractivity contribution in [2.45, 2.75) is 25.4 Å². The molecular weight excluding hydrogens is 347 g/mol. The molecule has 2 aromatic heterocycles. The Labute approximate surface area is 134 Å². The number of aromatic hydroxyl groups is 2. The fourth-order valence-electron chi connectivity index (χ4n) is 2.59. The van der Waals surface area contributed by atoms with Gasteiger partial charge >= 0.3 is 13.8 Å². The third kappa shape index (κ3) is 3.07. The zero-order valence-corrected chi connectivity index (χ0v) is 13.2. The van der Waals surface area contributed by atoms with Gasteiger partial charge in [-0.1, -0.05) is 6.92 Å². The predicted octanol–water partition coefficient (Wildman–Crippen LogP) is -0.759. The minimum absolute atomic E-state index is 0.0352. The molecule has 5 N–H and O–H groups in total. The third-order valence-corrected chi connectivity index (χ3v) is 4.24. The van der Waals surface area contributed by atoms with Crippen LogP contribution in [-0.2, 0) is 13.8 Å². The molecule has 4 atom stereocenters. The van der Waals surface area contributed by atoms with E-state index in [0.29, 0.717) is 0 Å². The van der Waals surface area contributed by atoms with Gasteiger partial charge in [-0.15, -0.1) is 0 Å². The molecule has 0 unspecified atom stereocenters. The van der Waals surface area contributed by atoms with E-state index in [2.05, 4.69) is 19.5 Å². The topological polar surface area (TPSA) is 180 Å². The van der Waals surface area contributed by atoms with Crippen molar-refractivity contribution >= 4 is 19.0 Å². The molecule has 1 aliphatic heterocycles. The van der Waals surface area contributed by atoms with Crippen LogP contribution in [0.4, 0.5) is 0 Å². The minimum atomic E-state index is -4.69. The molecular formula is C11H15N4O8P. The Morgan fingerprint density at radius 3 is 2.75 bits per heavy atom. The summed E-state index contributed by atoms with van der Waals surface area (Å²) in [6.45, 7) is 1.14. The van der Waals surface area contributed by atoms with Crippen LogP contribution in [0.3, 0.4) is 0 Å². The maximum atomic E-state index is 10.8. The summed E-state index contributed by atoms with van der Waals surface area (Å²) < 4.78 is 22.1. The molecule has 0 spiro atoms. The van der Waals surface area contributed by atoms with Crippen LogP contribution in [-0.4, -0.2) is 63.4 Å². The molecule has 24 heavy (non-hydrogen) atoms. The van der Waals surface area contributed by atoms with Crippen molar-refractivity contribution in [3.63, 3.8) is 0 Å². The number of rotatable bonds is 4. The Balaban J connectivity index is 1.89. The van der Waals surface area contributed by atoms with Gasteiger partial charge in [0.05, 0.1) is 19.0 Å². The lowest BCUT2D eigenvalue weighted by molar-refractivity contribution is -0.0439. The molecule has 2 aromatic rings. The normalized spacial score (nSPS) is 27.8. The Kier molecular flexibility index (Phi) is 4.20. The molecule has 0 radical (unpaired) electrons. The molecule has 0 aromatic carbocycles. The lowest BCUT2D eigenvalue weighted by atomic mass is 10.0. The third-order valence-electron chi connectivity index (χ3n) is 3.76. The first-order valence-electron chi connectivity index (χ1n) is 6.83. The monoisotopic (exact) mass is 362 g/mol. The van der Waals surface area contributed by atoms with Gasteiger partial charge in [0.1, 0.15) is 12.3 Å². The summed E-state index contributed by atoms with van der Waals surface area (Å²) in [5.41, 5.74) is 0.119. The summed E-state index contributed by atoms with van der Waals surface area (Å²) in [6, 6.07) is -0.658. The lowest BCUT2D eigenvalue weighted by Crippen LogP contribution is -2.29. The molecule has 0 bridgehead atoms. The van der Waals surface area contributed by atoms with Crippen molar-refractivity contribution in [2.24, 2.45) is 5.92 Å². The predicted molar refractivity (Wildman–Crippen MR) is 75.7 cm³/mol. The number of imidazole rings is 1. The Morgan fingerprint density at radius 2 is 2.08 bits per heavy atom. The maximum absolute atomic E-state index is 10.8. The average molecular weight is 362 g/mol. The van der Waals surface area contributed by atoms with Gasteiger partial charge < -0.3 is 29.8 Å². The smallest absolute Gasteiger partial charge is 0.469 e. The van der Waals surface area contributed by atoms with E-state index >= 15 is 0 Å². The average Bonchev–Trinajstić information content (AvgIpc) is 3.00. The molecule has 13 heteroatoms. The van der Waals surface area contributed by atoms with Crippen LogP contribution in [0.25, 0.3) is 11.2 Å². The summed E-state index contributed by atoms with van der Waals surface area (Å²) in [4.78, 5) is 28.6. The molecule has 0 amide bonds. The van der Waals surface area contributed by atoms with Gasteiger partial charge in [-0.2, -0.15) is 9.97 Å². The highest BCUT2D eigenvalue weighted by Gasteiger charge is 2.43. The number of hydrogen-bond acceptors (Lipinski definition) is 9. The zero-order chi connectivity index (χ0) is 17.6. The molecule has 1 aliphatic rings. The number of hydrogen-bond donors (Lipinski definition) is 5. The van der Waals surface area contributed by atoms with E-state index < -0.39 is 50.7 Å². The molecule has 0 aliphatic carbocycles. The van der Waals surface area contributed by atoms with Crippen molar-refractivity contribution in [2.75, 3.05) is 6.61 Å². The van der Waals surface area contributed by atoms with E-state index in [4.69, 9.17) is 14.5 Å². The minimum Gasteiger partial charge on any atom is -0.492 e. The second kappa shape index (κ2) is 5.92. The number of aliphatic hydroxyl groups is 1. The highest BCUT2D eigenvalue weighted by Crippen LogP contribution is 2.41. The van der Waals surface area contributed by atoms with Crippen LogP contribution < -0.4 is 0 Å². The van der Waals surface area contributed by atoms with Crippen molar-refractivity contribution < 1.29 is 38.9 Å². The lowest BCUT2D eigenvalue weighted by Gasteiger charge is -2.17. The van der Waals surface area contributed by atoms with Gasteiger partial charge in [-0.3, -0.25) is 9.09 Å². The van der Waals surface area contributed by atoms with Gasteiger partial charge in [-0.25, -0.2) is 9.55 Å². The van der Waals surface area contributed by atoms with Crippen LogP contribution in [0.5, 0.6) is 11.9 Å². The second-order valence-electron chi connectivity index (χ2n) is 5.37. The summed E-state index contributed by atoms with van der Waals surface area (Å²) >= 11 is 0. The fraction of sp³-hybridized carbons (Fsp3) is 0.545. The summed E-state index contributed by atoms with van der Waals surface area (Å²) in [5.74, 6) is -1.02. The van der Waals surface area contributed by atoms with E-state index in [-0.39, 0.29) is 11.2 Å². The van der Waals surface area contributed by atoms with Crippen LogP contribution in [0.2, 0.25) is 0 Å². The number of phosphoric acid groups is 1. The van der Waals surface area contributed by atoms with Gasteiger partial charge in [0.25, 0.3) is 0 Å². The van der Waals surface area contributed by atoms with Crippen molar-refractivity contribution in [3.8, 4) is 11.9 Å². The van der Waals surface area contributed by atoms with E-state index in [9.17, 15) is 19.9 Å². The zero-order valence-electron chi connectivity index (χ0n) is 12.3. The Morgan fingerprint density at radius 1 is 1.38 bits per heavy atom. The first-order valence-corrected chi connectivity index (χ1v) is 8.36. The number of fused-ring (bicyclic) bond motifs is 1. The number of nitrogens with zero attached hydrogens (tertiary/aromatic N) is 4. The van der Waals surface area contributed by atoms with Gasteiger partial charge in [0.2, 0.25) is 5.88 Å². The molecule has 1 saturated heterocycles. The molecule has 1 fully saturated rings. The standard InChI is InChI=1S/C11H15N4O8P/c1-4-7(16)5(2-22-24(19,20)21)23-10(4)15-3-12-6-8(15)13-11(18)14-9(6)17/h3-5,7,10,16H,2H2,1H3,(H2,19,20,21)(H2,13,14,17,18)/t4-,5-,7+,10-/m1/s1. The second-order valence-corrected chi connectivity index (χ2v) is 6.61. The van der Waals surface area contributed by atoms with Crippen LogP contribution in [0.1, 0.15) is 13.2 Å². The van der Waals surface area contributed by atoms with E-state index in [1.807, 2.05) is 0 Å². The quantitative estimate of drug-likeness (QED) is 0.431. The first-order chi connectivity index (χ1) is 11.2. The summed E-state index contributed by atoms with van der Waals surface area (Å²) in [6.07, 6.45) is -1.57. The van der Waals surface area contributed by atoms with Crippen LogP contribution in [0.15, 0.2) is 6.33 Å².